The van der Waals surface area contributed by atoms with E-state index in [-0.39, 0.29) is 5.60 Å². The van der Waals surface area contributed by atoms with E-state index >= 15 is 0 Å². The van der Waals surface area contributed by atoms with Crippen LogP contribution in [-0.4, -0.2) is 29.1 Å². The van der Waals surface area contributed by atoms with E-state index in [0.29, 0.717) is 0 Å². The molecule has 0 saturated heterocycles. The molecule has 0 aliphatic carbocycles. The summed E-state index contributed by atoms with van der Waals surface area (Å²) in [4.78, 5) is 1.49. The number of hydrogen-bond donors (Lipinski definition) is 1. The van der Waals surface area contributed by atoms with Crippen LogP contribution in [0.25, 0.3) is 0 Å². The normalized spacial score (nSPS) is 14.3. The molecule has 0 saturated carbocycles. The smallest absolute Gasteiger partial charge is 0.237 e. The zero-order valence-electron chi connectivity index (χ0n) is 7.66. The molecule has 0 amide bonds. The van der Waals surface area contributed by atoms with Crippen molar-refractivity contribution >= 4 is 0 Å². The maximum atomic E-state index is 9.29. The summed E-state index contributed by atoms with van der Waals surface area (Å²) in [5, 5.41) is 9.29. The molecule has 0 spiro atoms. The minimum Gasteiger partial charge on any atom is -0.351 e. The first-order valence-corrected chi connectivity index (χ1v) is 3.57. The van der Waals surface area contributed by atoms with Crippen LogP contribution in [0.5, 0.6) is 0 Å². The summed E-state index contributed by atoms with van der Waals surface area (Å²) >= 11 is 0. The molecule has 0 radical (unpaired) electrons. The van der Waals surface area contributed by atoms with Crippen LogP contribution in [0, 0.1) is 0 Å². The Hall–Kier alpha value is -0.540. The minimum atomic E-state index is -0.910. The van der Waals surface area contributed by atoms with Gasteiger partial charge in [-0.3, -0.25) is 0 Å². The summed E-state index contributed by atoms with van der Waals surface area (Å²) in [7, 11) is 1.70. The quantitative estimate of drug-likeness (QED) is 0.627. The first kappa shape index (κ1) is 10.5. The van der Waals surface area contributed by atoms with Crippen LogP contribution in [0.2, 0.25) is 0 Å². The van der Waals surface area contributed by atoms with Gasteiger partial charge in [-0.15, -0.1) is 0 Å². The Kier molecular flexibility index (Phi) is 3.55. The van der Waals surface area contributed by atoms with Crippen molar-refractivity contribution in [3.8, 4) is 0 Å². The average molecular weight is 159 g/mol. The summed E-state index contributed by atoms with van der Waals surface area (Å²) in [5.74, 6) is 0. The van der Waals surface area contributed by atoms with E-state index in [4.69, 9.17) is 4.74 Å². The molecule has 0 fully saturated rings. The van der Waals surface area contributed by atoms with E-state index in [2.05, 4.69) is 6.58 Å². The van der Waals surface area contributed by atoms with Crippen molar-refractivity contribution in [2.45, 2.75) is 32.8 Å². The standard InChI is InChI=1S/C8H17NO2/c1-6-9(5)7(10)11-8(2,3)4/h6-7,10H,1H2,2-5H3. The highest BCUT2D eigenvalue weighted by molar-refractivity contribution is 4.67. The van der Waals surface area contributed by atoms with E-state index in [1.54, 1.807) is 7.05 Å². The van der Waals surface area contributed by atoms with E-state index < -0.39 is 6.41 Å². The van der Waals surface area contributed by atoms with E-state index in [1.165, 1.54) is 11.1 Å². The molecule has 3 nitrogen and oxygen atoms in total. The van der Waals surface area contributed by atoms with Crippen LogP contribution in [0.3, 0.4) is 0 Å². The molecule has 11 heavy (non-hydrogen) atoms. The maximum Gasteiger partial charge on any atom is 0.237 e. The number of nitrogens with zero attached hydrogens (tertiary/aromatic N) is 1. The fourth-order valence-electron chi connectivity index (χ4n) is 0.490. The third kappa shape index (κ3) is 4.81. The summed E-state index contributed by atoms with van der Waals surface area (Å²) in [6.07, 6.45) is 0.601. The topological polar surface area (TPSA) is 32.7 Å². The summed E-state index contributed by atoms with van der Waals surface area (Å²) in [6.45, 7) is 9.14. The third-order valence-electron chi connectivity index (χ3n) is 1.10. The molecule has 1 unspecified atom stereocenters. The molecule has 0 aliphatic heterocycles. The van der Waals surface area contributed by atoms with Crippen molar-refractivity contribution in [2.75, 3.05) is 7.05 Å². The Bertz CT molecular complexity index is 129. The second-order valence-corrected chi connectivity index (χ2v) is 3.40. The van der Waals surface area contributed by atoms with Crippen LogP contribution >= 0.6 is 0 Å². The van der Waals surface area contributed by atoms with E-state index in [9.17, 15) is 5.11 Å². The lowest BCUT2D eigenvalue weighted by Crippen LogP contribution is -2.36. The minimum absolute atomic E-state index is 0.337. The summed E-state index contributed by atoms with van der Waals surface area (Å²) in [6, 6.07) is 0. The van der Waals surface area contributed by atoms with Gasteiger partial charge in [-0.1, -0.05) is 6.58 Å². The van der Waals surface area contributed by atoms with Crippen molar-refractivity contribution < 1.29 is 9.84 Å². The maximum absolute atomic E-state index is 9.29. The molecule has 0 bridgehead atoms. The predicted molar refractivity (Wildman–Crippen MR) is 44.8 cm³/mol. The monoisotopic (exact) mass is 159 g/mol. The molecule has 0 aromatic rings. The van der Waals surface area contributed by atoms with Crippen molar-refractivity contribution in [1.29, 1.82) is 0 Å². The van der Waals surface area contributed by atoms with Crippen LogP contribution in [-0.2, 0) is 4.74 Å². The van der Waals surface area contributed by atoms with Crippen molar-refractivity contribution in [3.05, 3.63) is 12.8 Å². The average Bonchev–Trinajstić information content (AvgIpc) is 1.82. The SMILES string of the molecule is C=CN(C)C(O)OC(C)(C)C. The molecule has 0 heterocycles. The highest BCUT2D eigenvalue weighted by Gasteiger charge is 2.17. The van der Waals surface area contributed by atoms with Gasteiger partial charge in [-0.05, 0) is 27.0 Å². The molecule has 0 aliphatic rings. The second kappa shape index (κ2) is 3.74. The van der Waals surface area contributed by atoms with Gasteiger partial charge in [0, 0.05) is 7.05 Å². The zero-order chi connectivity index (χ0) is 9.07. The Morgan fingerprint density at radius 2 is 2.00 bits per heavy atom. The Labute approximate surface area is 68.3 Å². The first-order chi connectivity index (χ1) is 4.87. The van der Waals surface area contributed by atoms with Gasteiger partial charge < -0.3 is 14.7 Å². The number of hydrogen-bond acceptors (Lipinski definition) is 3. The number of aliphatic hydroxyl groups excluding tert-OH is 1. The summed E-state index contributed by atoms with van der Waals surface area (Å²) < 4.78 is 5.20. The van der Waals surface area contributed by atoms with Crippen LogP contribution in [0.15, 0.2) is 12.8 Å². The lowest BCUT2D eigenvalue weighted by atomic mass is 10.2. The number of aliphatic hydroxyl groups is 1. The Morgan fingerprint density at radius 1 is 1.55 bits per heavy atom. The van der Waals surface area contributed by atoms with Crippen LogP contribution in [0.4, 0.5) is 0 Å². The van der Waals surface area contributed by atoms with E-state index in [1.807, 2.05) is 20.8 Å². The van der Waals surface area contributed by atoms with Crippen LogP contribution in [0.1, 0.15) is 20.8 Å². The van der Waals surface area contributed by atoms with Gasteiger partial charge in [0.1, 0.15) is 0 Å². The Morgan fingerprint density at radius 3 is 2.27 bits per heavy atom. The Balaban J connectivity index is 3.86. The largest absolute Gasteiger partial charge is 0.351 e. The third-order valence-corrected chi connectivity index (χ3v) is 1.10. The lowest BCUT2D eigenvalue weighted by molar-refractivity contribution is -0.220. The fraction of sp³-hybridized carbons (Fsp3) is 0.750. The molecule has 1 atom stereocenters. The lowest BCUT2D eigenvalue weighted by Gasteiger charge is -2.28. The van der Waals surface area contributed by atoms with Gasteiger partial charge in [0.2, 0.25) is 6.41 Å². The van der Waals surface area contributed by atoms with Crippen molar-refractivity contribution in [3.63, 3.8) is 0 Å². The molecule has 0 aromatic heterocycles. The van der Waals surface area contributed by atoms with Crippen molar-refractivity contribution in [1.82, 2.24) is 4.90 Å². The molecular weight excluding hydrogens is 142 g/mol. The van der Waals surface area contributed by atoms with Gasteiger partial charge in [-0.25, -0.2) is 0 Å². The van der Waals surface area contributed by atoms with Crippen LogP contribution < -0.4 is 0 Å². The van der Waals surface area contributed by atoms with Gasteiger partial charge in [-0.2, -0.15) is 0 Å². The second-order valence-electron chi connectivity index (χ2n) is 3.40. The van der Waals surface area contributed by atoms with Gasteiger partial charge in [0.25, 0.3) is 0 Å². The molecule has 3 heteroatoms. The molecule has 1 N–H and O–H groups in total. The van der Waals surface area contributed by atoms with Gasteiger partial charge in [0.15, 0.2) is 0 Å². The number of rotatable bonds is 3. The van der Waals surface area contributed by atoms with Crippen molar-refractivity contribution in [2.24, 2.45) is 0 Å². The van der Waals surface area contributed by atoms with Gasteiger partial charge >= 0.3 is 0 Å². The molecular formula is C8H17NO2. The highest BCUT2D eigenvalue weighted by Crippen LogP contribution is 2.10. The van der Waals surface area contributed by atoms with Gasteiger partial charge in [0.05, 0.1) is 5.60 Å². The summed E-state index contributed by atoms with van der Waals surface area (Å²) in [5.41, 5.74) is -0.337. The fourth-order valence-corrected chi connectivity index (χ4v) is 0.490. The number of ether oxygens (including phenoxy) is 1. The molecule has 66 valence electrons. The first-order valence-electron chi connectivity index (χ1n) is 3.57. The molecule has 0 aromatic carbocycles. The zero-order valence-corrected chi connectivity index (χ0v) is 7.66. The molecule has 0 rings (SSSR count). The predicted octanol–water partition coefficient (Wildman–Crippen LogP) is 1.15. The highest BCUT2D eigenvalue weighted by atomic mass is 16.6. The van der Waals surface area contributed by atoms with E-state index in [0.717, 1.165) is 0 Å².